The van der Waals surface area contributed by atoms with Crippen LogP contribution in [-0.2, 0) is 9.59 Å². The average molecular weight is 400 g/mol. The summed E-state index contributed by atoms with van der Waals surface area (Å²) in [5.41, 5.74) is -0.610. The second-order valence-corrected chi connectivity index (χ2v) is 9.52. The SMILES string of the molecule is CC1(C)[C@H]2CC[C@]1(C)C(=O)N(CCCCN1CCN(c3ncccn3)CC1)C2=O. The highest BCUT2D eigenvalue weighted by Crippen LogP contribution is 2.60. The van der Waals surface area contributed by atoms with Gasteiger partial charge in [-0.2, -0.15) is 0 Å². The number of fused-ring (bicyclic) bond motifs is 2. The maximum absolute atomic E-state index is 13.1. The maximum atomic E-state index is 13.1. The lowest BCUT2D eigenvalue weighted by atomic mass is 9.62. The Morgan fingerprint density at radius 2 is 1.66 bits per heavy atom. The topological polar surface area (TPSA) is 69.6 Å². The fraction of sp³-hybridized carbons (Fsp3) is 0.727. The van der Waals surface area contributed by atoms with Gasteiger partial charge in [-0.15, -0.1) is 0 Å². The van der Waals surface area contributed by atoms with E-state index in [2.05, 4.69) is 40.5 Å². The summed E-state index contributed by atoms with van der Waals surface area (Å²) in [5.74, 6) is 0.919. The van der Waals surface area contributed by atoms with Crippen LogP contribution in [0.3, 0.4) is 0 Å². The molecule has 7 heteroatoms. The van der Waals surface area contributed by atoms with E-state index in [0.717, 1.165) is 64.4 Å². The van der Waals surface area contributed by atoms with Crippen molar-refractivity contribution in [3.8, 4) is 0 Å². The zero-order chi connectivity index (χ0) is 20.6. The molecule has 0 N–H and O–H groups in total. The number of piperazine rings is 1. The number of nitrogens with zero attached hydrogens (tertiary/aromatic N) is 5. The van der Waals surface area contributed by atoms with Crippen LogP contribution in [0, 0.1) is 16.7 Å². The Labute approximate surface area is 173 Å². The van der Waals surface area contributed by atoms with Crippen LogP contribution in [0.2, 0.25) is 0 Å². The fourth-order valence-corrected chi connectivity index (χ4v) is 5.34. The molecule has 7 nitrogen and oxygen atoms in total. The quantitative estimate of drug-likeness (QED) is 0.540. The summed E-state index contributed by atoms with van der Waals surface area (Å²) in [4.78, 5) is 40.9. The predicted octanol–water partition coefficient (Wildman–Crippen LogP) is 2.19. The molecule has 158 valence electrons. The average Bonchev–Trinajstić information content (AvgIpc) is 2.92. The summed E-state index contributed by atoms with van der Waals surface area (Å²) in [6.45, 7) is 11.7. The molecule has 1 aliphatic carbocycles. The van der Waals surface area contributed by atoms with Crippen molar-refractivity contribution in [1.82, 2.24) is 19.8 Å². The van der Waals surface area contributed by atoms with Gasteiger partial charge >= 0.3 is 0 Å². The number of aromatic nitrogens is 2. The van der Waals surface area contributed by atoms with E-state index >= 15 is 0 Å². The van der Waals surface area contributed by atoms with Crippen molar-refractivity contribution in [3.05, 3.63) is 18.5 Å². The Kier molecular flexibility index (Phi) is 5.36. The van der Waals surface area contributed by atoms with Gasteiger partial charge in [-0.1, -0.05) is 20.8 Å². The van der Waals surface area contributed by atoms with Crippen LogP contribution < -0.4 is 4.90 Å². The van der Waals surface area contributed by atoms with E-state index in [0.29, 0.717) is 6.54 Å². The Balaban J connectivity index is 1.23. The summed E-state index contributed by atoms with van der Waals surface area (Å²) in [6, 6.07) is 1.84. The van der Waals surface area contributed by atoms with Crippen LogP contribution in [0.25, 0.3) is 0 Å². The van der Waals surface area contributed by atoms with Gasteiger partial charge in [0.25, 0.3) is 0 Å². The number of unbranched alkanes of at least 4 members (excludes halogenated alkanes) is 1. The van der Waals surface area contributed by atoms with Crippen molar-refractivity contribution >= 4 is 17.8 Å². The fourth-order valence-electron chi connectivity index (χ4n) is 5.34. The molecular formula is C22H33N5O2. The van der Waals surface area contributed by atoms with E-state index in [-0.39, 0.29) is 28.6 Å². The van der Waals surface area contributed by atoms with Gasteiger partial charge in [0.15, 0.2) is 0 Å². The van der Waals surface area contributed by atoms with Gasteiger partial charge in [-0.3, -0.25) is 19.4 Å². The summed E-state index contributed by atoms with van der Waals surface area (Å²) < 4.78 is 0. The Bertz CT molecular complexity index is 760. The van der Waals surface area contributed by atoms with Gasteiger partial charge < -0.3 is 4.90 Å². The zero-order valence-corrected chi connectivity index (χ0v) is 17.9. The van der Waals surface area contributed by atoms with Crippen LogP contribution in [0.1, 0.15) is 46.5 Å². The molecule has 1 aromatic rings. The number of amides is 2. The molecule has 0 spiro atoms. The number of hydrogen-bond acceptors (Lipinski definition) is 6. The smallest absolute Gasteiger partial charge is 0.235 e. The van der Waals surface area contributed by atoms with E-state index in [9.17, 15) is 9.59 Å². The number of carbonyl (C=O) groups excluding carboxylic acids is 2. The van der Waals surface area contributed by atoms with Gasteiger partial charge in [0, 0.05) is 51.0 Å². The molecule has 4 rings (SSSR count). The van der Waals surface area contributed by atoms with E-state index in [1.165, 1.54) is 0 Å². The highest BCUT2D eigenvalue weighted by Gasteiger charge is 2.64. The number of piperidine rings is 1. The lowest BCUT2D eigenvalue weighted by Gasteiger charge is -2.47. The molecule has 2 aliphatic heterocycles. The number of carbonyl (C=O) groups is 2. The first kappa shape index (κ1) is 20.3. The highest BCUT2D eigenvalue weighted by molar-refractivity contribution is 6.03. The molecule has 3 fully saturated rings. The lowest BCUT2D eigenvalue weighted by Crippen LogP contribution is -2.59. The number of anilines is 1. The normalized spacial score (nSPS) is 29.6. The minimum Gasteiger partial charge on any atom is -0.338 e. The first-order valence-electron chi connectivity index (χ1n) is 10.9. The van der Waals surface area contributed by atoms with Crippen molar-refractivity contribution in [1.29, 1.82) is 0 Å². The molecule has 3 heterocycles. The predicted molar refractivity (Wildman–Crippen MR) is 111 cm³/mol. The molecule has 2 atom stereocenters. The van der Waals surface area contributed by atoms with Gasteiger partial charge in [0.05, 0.1) is 5.41 Å². The van der Waals surface area contributed by atoms with Crippen LogP contribution in [-0.4, -0.2) is 70.9 Å². The number of likely N-dealkylation sites (tertiary alicyclic amines) is 1. The maximum Gasteiger partial charge on any atom is 0.235 e. The van der Waals surface area contributed by atoms with Crippen LogP contribution in [0.5, 0.6) is 0 Å². The third-order valence-electron chi connectivity index (χ3n) is 7.82. The van der Waals surface area contributed by atoms with Crippen LogP contribution in [0.15, 0.2) is 18.5 Å². The van der Waals surface area contributed by atoms with Crippen molar-refractivity contribution in [2.45, 2.75) is 46.5 Å². The largest absolute Gasteiger partial charge is 0.338 e. The number of rotatable bonds is 6. The standard InChI is InChI=1S/C22H33N5O2/c1-21(2)17-7-8-22(21,3)19(29)27(18(17)28)12-5-4-11-25-13-15-26(16-14-25)20-23-9-6-10-24-20/h6,9-10,17H,4-5,7-8,11-16H2,1-3H3/t17-,22+/m0/s1. The number of imide groups is 1. The molecule has 3 aliphatic rings. The minimum atomic E-state index is -0.387. The number of hydrogen-bond donors (Lipinski definition) is 0. The van der Waals surface area contributed by atoms with Crippen LogP contribution >= 0.6 is 0 Å². The summed E-state index contributed by atoms with van der Waals surface area (Å²) in [6.07, 6.45) is 7.13. The Morgan fingerprint density at radius 3 is 2.34 bits per heavy atom. The zero-order valence-electron chi connectivity index (χ0n) is 17.9. The summed E-state index contributed by atoms with van der Waals surface area (Å²) in [5, 5.41) is 0. The van der Waals surface area contributed by atoms with E-state index in [4.69, 9.17) is 0 Å². The molecule has 1 saturated carbocycles. The minimum absolute atomic E-state index is 0.00140. The molecule has 2 bridgehead atoms. The Morgan fingerprint density at radius 1 is 1.00 bits per heavy atom. The summed E-state index contributed by atoms with van der Waals surface area (Å²) in [7, 11) is 0. The van der Waals surface area contributed by atoms with E-state index in [1.807, 2.05) is 6.07 Å². The highest BCUT2D eigenvalue weighted by atomic mass is 16.2. The molecule has 29 heavy (non-hydrogen) atoms. The second kappa shape index (κ2) is 7.67. The van der Waals surface area contributed by atoms with Crippen LogP contribution in [0.4, 0.5) is 5.95 Å². The van der Waals surface area contributed by atoms with Crippen molar-refractivity contribution in [2.75, 3.05) is 44.2 Å². The van der Waals surface area contributed by atoms with Gasteiger partial charge in [0.2, 0.25) is 17.8 Å². The second-order valence-electron chi connectivity index (χ2n) is 9.52. The van der Waals surface area contributed by atoms with Crippen molar-refractivity contribution < 1.29 is 9.59 Å². The molecule has 0 aromatic carbocycles. The summed E-state index contributed by atoms with van der Waals surface area (Å²) >= 11 is 0. The molecule has 2 amide bonds. The third kappa shape index (κ3) is 3.43. The Hall–Kier alpha value is -2.02. The molecular weight excluding hydrogens is 366 g/mol. The van der Waals surface area contributed by atoms with E-state index < -0.39 is 0 Å². The molecule has 0 unspecified atom stereocenters. The molecule has 1 aromatic heterocycles. The molecule has 2 saturated heterocycles. The lowest BCUT2D eigenvalue weighted by molar-refractivity contribution is -0.167. The molecule has 0 radical (unpaired) electrons. The van der Waals surface area contributed by atoms with Gasteiger partial charge in [-0.25, -0.2) is 9.97 Å². The van der Waals surface area contributed by atoms with Crippen molar-refractivity contribution in [3.63, 3.8) is 0 Å². The third-order valence-corrected chi connectivity index (χ3v) is 7.82. The first-order valence-corrected chi connectivity index (χ1v) is 10.9. The monoisotopic (exact) mass is 399 g/mol. The van der Waals surface area contributed by atoms with E-state index in [1.54, 1.807) is 17.3 Å². The van der Waals surface area contributed by atoms with Gasteiger partial charge in [-0.05, 0) is 43.7 Å². The van der Waals surface area contributed by atoms with Crippen molar-refractivity contribution in [2.24, 2.45) is 16.7 Å². The first-order chi connectivity index (χ1) is 13.8. The van der Waals surface area contributed by atoms with Gasteiger partial charge in [0.1, 0.15) is 0 Å².